The van der Waals surface area contributed by atoms with Crippen molar-refractivity contribution in [3.05, 3.63) is 87.4 Å². The summed E-state index contributed by atoms with van der Waals surface area (Å²) in [5, 5.41) is 14.7. The fourth-order valence-corrected chi connectivity index (χ4v) is 4.76. The molecule has 0 aliphatic carbocycles. The first-order valence-electron chi connectivity index (χ1n) is 10.5. The summed E-state index contributed by atoms with van der Waals surface area (Å²) in [7, 11) is 0. The summed E-state index contributed by atoms with van der Waals surface area (Å²) in [6.07, 6.45) is 0.570. The predicted molar refractivity (Wildman–Crippen MR) is 130 cm³/mol. The molecular formula is C24H18N4O5S. The van der Waals surface area contributed by atoms with Crippen LogP contribution in [0.4, 0.5) is 11.4 Å². The number of non-ortho nitro benzene ring substituents is 1. The minimum absolute atomic E-state index is 0.147. The van der Waals surface area contributed by atoms with E-state index in [9.17, 15) is 19.7 Å². The number of oxazole rings is 1. The van der Waals surface area contributed by atoms with Crippen molar-refractivity contribution in [1.29, 1.82) is 0 Å². The van der Waals surface area contributed by atoms with E-state index in [4.69, 9.17) is 4.42 Å². The van der Waals surface area contributed by atoms with Crippen molar-refractivity contribution in [3.8, 4) is 10.6 Å². The summed E-state index contributed by atoms with van der Waals surface area (Å²) < 4.78 is 7.58. The van der Waals surface area contributed by atoms with E-state index >= 15 is 0 Å². The Balaban J connectivity index is 1.28. The lowest BCUT2D eigenvalue weighted by molar-refractivity contribution is -0.384. The highest BCUT2D eigenvalue weighted by atomic mass is 32.1. The highest BCUT2D eigenvalue weighted by Gasteiger charge is 2.15. The molecule has 1 amide bonds. The molecule has 0 aliphatic rings. The molecule has 0 aliphatic heterocycles. The fourth-order valence-electron chi connectivity index (χ4n) is 3.76. The molecule has 5 aromatic rings. The lowest BCUT2D eigenvalue weighted by Crippen LogP contribution is -2.17. The number of para-hydroxylation sites is 2. The van der Waals surface area contributed by atoms with E-state index in [-0.39, 0.29) is 30.1 Å². The lowest BCUT2D eigenvalue weighted by Gasteiger charge is -2.09. The molecule has 3 aromatic carbocycles. The van der Waals surface area contributed by atoms with Gasteiger partial charge in [0.2, 0.25) is 5.91 Å². The molecule has 0 saturated carbocycles. The zero-order valence-corrected chi connectivity index (χ0v) is 18.6. The molecule has 2 heterocycles. The van der Waals surface area contributed by atoms with Crippen molar-refractivity contribution in [2.24, 2.45) is 0 Å². The molecule has 9 nitrogen and oxygen atoms in total. The quantitative estimate of drug-likeness (QED) is 0.256. The third-order valence-electron chi connectivity index (χ3n) is 5.37. The number of nitro benzene ring substituents is 1. The summed E-state index contributed by atoms with van der Waals surface area (Å²) in [4.78, 5) is 39.9. The molecule has 170 valence electrons. The Morgan fingerprint density at radius 1 is 1.12 bits per heavy atom. The van der Waals surface area contributed by atoms with Gasteiger partial charge < -0.3 is 9.73 Å². The smallest absolute Gasteiger partial charge is 0.407 e. The topological polar surface area (TPSA) is 120 Å². The summed E-state index contributed by atoms with van der Waals surface area (Å²) >= 11 is 1.56. The number of anilines is 1. The molecular weight excluding hydrogens is 456 g/mol. The van der Waals surface area contributed by atoms with Gasteiger partial charge in [-0.3, -0.25) is 19.5 Å². The zero-order chi connectivity index (χ0) is 23.7. The van der Waals surface area contributed by atoms with Crippen LogP contribution >= 0.6 is 11.3 Å². The molecule has 10 heteroatoms. The Morgan fingerprint density at radius 3 is 2.74 bits per heavy atom. The van der Waals surface area contributed by atoms with Crippen LogP contribution in [0, 0.1) is 10.1 Å². The van der Waals surface area contributed by atoms with Gasteiger partial charge in [-0.1, -0.05) is 24.3 Å². The van der Waals surface area contributed by atoms with Gasteiger partial charge in [-0.25, -0.2) is 9.78 Å². The number of aryl methyl sites for hydroxylation is 1. The summed E-state index contributed by atoms with van der Waals surface area (Å²) in [5.74, 6) is -0.804. The molecule has 0 bridgehead atoms. The van der Waals surface area contributed by atoms with E-state index in [1.54, 1.807) is 11.3 Å². The first-order chi connectivity index (χ1) is 16.5. The van der Waals surface area contributed by atoms with Crippen molar-refractivity contribution >= 4 is 49.9 Å². The Morgan fingerprint density at radius 2 is 1.91 bits per heavy atom. The number of aromatic nitrogens is 2. The Bertz CT molecular complexity index is 1570. The van der Waals surface area contributed by atoms with Crippen molar-refractivity contribution in [1.82, 2.24) is 9.55 Å². The molecule has 0 fully saturated rings. The highest BCUT2D eigenvalue weighted by Crippen LogP contribution is 2.34. The average Bonchev–Trinajstić information content (AvgIpc) is 3.39. The second kappa shape index (κ2) is 8.91. The molecule has 0 atom stereocenters. The largest absolute Gasteiger partial charge is 0.419 e. The van der Waals surface area contributed by atoms with Crippen molar-refractivity contribution in [2.75, 3.05) is 5.32 Å². The molecule has 1 N–H and O–H groups in total. The second-order valence-corrected chi connectivity index (χ2v) is 8.64. The fraction of sp³-hybridized carbons (Fsp3) is 0.125. The molecule has 2 aromatic heterocycles. The van der Waals surface area contributed by atoms with Gasteiger partial charge >= 0.3 is 5.76 Å². The van der Waals surface area contributed by atoms with E-state index in [0.29, 0.717) is 17.6 Å². The number of fused-ring (bicyclic) bond motifs is 2. The van der Waals surface area contributed by atoms with Crippen LogP contribution in [0.3, 0.4) is 0 Å². The number of nitrogens with one attached hydrogen (secondary N) is 1. The second-order valence-electron chi connectivity index (χ2n) is 7.61. The minimum atomic E-state index is -0.614. The maximum absolute atomic E-state index is 12.7. The number of carbonyl (C=O) groups excluding carboxylic acids is 1. The van der Waals surface area contributed by atoms with Gasteiger partial charge in [0.25, 0.3) is 5.69 Å². The number of hydrogen-bond donors (Lipinski definition) is 1. The number of benzene rings is 3. The maximum atomic E-state index is 12.7. The van der Waals surface area contributed by atoms with Crippen molar-refractivity contribution < 1.29 is 14.1 Å². The van der Waals surface area contributed by atoms with Crippen LogP contribution in [-0.2, 0) is 11.3 Å². The predicted octanol–water partition coefficient (Wildman–Crippen LogP) is 5.20. The van der Waals surface area contributed by atoms with Crippen LogP contribution in [0.2, 0.25) is 0 Å². The number of amides is 1. The van der Waals surface area contributed by atoms with Gasteiger partial charge in [0.15, 0.2) is 5.58 Å². The molecule has 34 heavy (non-hydrogen) atoms. The van der Waals surface area contributed by atoms with Gasteiger partial charge in [-0.15, -0.1) is 11.3 Å². The van der Waals surface area contributed by atoms with Crippen molar-refractivity contribution in [2.45, 2.75) is 19.4 Å². The standard InChI is InChI=1S/C24H18N4O5S/c29-22(10-5-13-27-19-12-11-15(28(31)32)14-20(19)33-24(27)30)25-17-7-2-1-6-16(17)23-26-18-8-3-4-9-21(18)34-23/h1-4,6-9,11-12,14H,5,10,13H2,(H,25,29). The van der Waals surface area contributed by atoms with Crippen LogP contribution < -0.4 is 11.1 Å². The lowest BCUT2D eigenvalue weighted by atomic mass is 10.1. The number of thiazole rings is 1. The summed E-state index contributed by atoms with van der Waals surface area (Å²) in [6.45, 7) is 0.247. The van der Waals surface area contributed by atoms with E-state index in [2.05, 4.69) is 10.3 Å². The Labute approximate surface area is 196 Å². The van der Waals surface area contributed by atoms with E-state index in [1.165, 1.54) is 22.8 Å². The summed E-state index contributed by atoms with van der Waals surface area (Å²) in [6, 6.07) is 19.4. The first-order valence-corrected chi connectivity index (χ1v) is 11.3. The number of rotatable bonds is 7. The Kier molecular flexibility index (Phi) is 5.64. The molecule has 5 rings (SSSR count). The minimum Gasteiger partial charge on any atom is -0.407 e. The van der Waals surface area contributed by atoms with Gasteiger partial charge in [-0.05, 0) is 36.8 Å². The van der Waals surface area contributed by atoms with Gasteiger partial charge in [0, 0.05) is 24.6 Å². The van der Waals surface area contributed by atoms with Crippen LogP contribution in [-0.4, -0.2) is 20.4 Å². The maximum Gasteiger partial charge on any atom is 0.419 e. The number of nitrogens with zero attached hydrogens (tertiary/aromatic N) is 3. The molecule has 0 radical (unpaired) electrons. The normalized spacial score (nSPS) is 11.2. The number of carbonyl (C=O) groups is 1. The van der Waals surface area contributed by atoms with E-state index in [1.807, 2.05) is 48.5 Å². The first kappa shape index (κ1) is 21.5. The van der Waals surface area contributed by atoms with E-state index in [0.717, 1.165) is 20.8 Å². The molecule has 0 unspecified atom stereocenters. The van der Waals surface area contributed by atoms with Gasteiger partial charge in [0.1, 0.15) is 5.01 Å². The van der Waals surface area contributed by atoms with Crippen LogP contribution in [0.5, 0.6) is 0 Å². The van der Waals surface area contributed by atoms with Crippen LogP contribution in [0.15, 0.2) is 75.9 Å². The molecule has 0 saturated heterocycles. The highest BCUT2D eigenvalue weighted by molar-refractivity contribution is 7.21. The van der Waals surface area contributed by atoms with Crippen molar-refractivity contribution in [3.63, 3.8) is 0 Å². The Hall–Kier alpha value is -4.31. The SMILES string of the molecule is O=C(CCCn1c(=O)oc2cc([N+](=O)[O-])ccc21)Nc1ccccc1-c1nc2ccccc2s1. The molecule has 0 spiro atoms. The average molecular weight is 474 g/mol. The van der Waals surface area contributed by atoms with Gasteiger partial charge in [0.05, 0.1) is 32.4 Å². The summed E-state index contributed by atoms with van der Waals surface area (Å²) in [5.41, 5.74) is 2.87. The number of nitro groups is 1. The van der Waals surface area contributed by atoms with Gasteiger partial charge in [-0.2, -0.15) is 0 Å². The van der Waals surface area contributed by atoms with Crippen LogP contribution in [0.1, 0.15) is 12.8 Å². The third-order valence-corrected chi connectivity index (χ3v) is 6.44. The zero-order valence-electron chi connectivity index (χ0n) is 17.8. The van der Waals surface area contributed by atoms with E-state index < -0.39 is 10.7 Å². The monoisotopic (exact) mass is 474 g/mol. The van der Waals surface area contributed by atoms with Crippen LogP contribution in [0.25, 0.3) is 31.9 Å². The number of hydrogen-bond acceptors (Lipinski definition) is 7. The third kappa shape index (κ3) is 4.18.